The van der Waals surface area contributed by atoms with E-state index in [0.717, 1.165) is 25.7 Å². The number of carbonyl (C=O) groups excluding carboxylic acids is 1. The topological polar surface area (TPSA) is 198 Å². The first-order valence-corrected chi connectivity index (χ1v) is 13.2. The molecule has 16 heteroatoms. The van der Waals surface area contributed by atoms with Crippen LogP contribution in [0, 0.1) is 0 Å². The Kier molecular flexibility index (Phi) is 7.93. The monoisotopic (exact) mass is 535 g/mol. The van der Waals surface area contributed by atoms with Gasteiger partial charge in [-0.25, -0.2) is 9.78 Å². The van der Waals surface area contributed by atoms with Crippen molar-refractivity contribution in [2.45, 2.75) is 69.0 Å². The number of halogens is 1. The molecule has 5 atom stereocenters. The molecule has 194 valence electrons. The predicted octanol–water partition coefficient (Wildman–Crippen LogP) is 0.537. The number of ether oxygens (including phenoxy) is 3. The number of esters is 1. The van der Waals surface area contributed by atoms with Gasteiger partial charge in [0.2, 0.25) is 5.28 Å². The van der Waals surface area contributed by atoms with Gasteiger partial charge in [0.1, 0.15) is 18.3 Å². The molecule has 0 unspecified atom stereocenters. The fourth-order valence-electron chi connectivity index (χ4n) is 4.24. The maximum atomic E-state index is 11.9. The lowest BCUT2D eigenvalue weighted by Gasteiger charge is -2.21. The summed E-state index contributed by atoms with van der Waals surface area (Å²) in [5.41, 5.74) is 0.651. The van der Waals surface area contributed by atoms with Crippen molar-refractivity contribution in [3.8, 4) is 0 Å². The van der Waals surface area contributed by atoms with E-state index in [4.69, 9.17) is 21.1 Å². The highest BCUT2D eigenvalue weighted by atomic mass is 35.5. The van der Waals surface area contributed by atoms with Crippen LogP contribution in [0.3, 0.4) is 0 Å². The van der Waals surface area contributed by atoms with Crippen molar-refractivity contribution in [3.05, 3.63) is 11.6 Å². The minimum Gasteiger partial charge on any atom is -0.464 e. The Morgan fingerprint density at radius 3 is 2.69 bits per heavy atom. The highest BCUT2D eigenvalue weighted by Crippen LogP contribution is 2.43. The zero-order chi connectivity index (χ0) is 25.3. The molecule has 0 radical (unpaired) electrons. The van der Waals surface area contributed by atoms with Crippen molar-refractivity contribution < 1.29 is 43.6 Å². The molecule has 0 bridgehead atoms. The second-order valence-corrected chi connectivity index (χ2v) is 10.3. The Bertz CT molecular complexity index is 1110. The van der Waals surface area contributed by atoms with Crippen LogP contribution in [-0.4, -0.2) is 88.9 Å². The second kappa shape index (κ2) is 10.6. The van der Waals surface area contributed by atoms with Gasteiger partial charge in [-0.2, -0.15) is 9.97 Å². The van der Waals surface area contributed by atoms with Gasteiger partial charge in [-0.05, 0) is 31.4 Å². The maximum absolute atomic E-state index is 11.9. The molecule has 1 saturated heterocycles. The molecule has 2 aromatic heterocycles. The van der Waals surface area contributed by atoms with E-state index in [0.29, 0.717) is 11.3 Å². The van der Waals surface area contributed by atoms with E-state index >= 15 is 0 Å². The van der Waals surface area contributed by atoms with Crippen LogP contribution in [0.1, 0.15) is 38.8 Å². The molecule has 0 spiro atoms. The number of hydrogen-bond donors (Lipinski definition) is 5. The summed E-state index contributed by atoms with van der Waals surface area (Å²) in [5.74, 6) is -3.00. The maximum Gasteiger partial charge on any atom is 0.365 e. The minimum absolute atomic E-state index is 0.0495. The van der Waals surface area contributed by atoms with Crippen molar-refractivity contribution in [2.24, 2.45) is 0 Å². The molecule has 1 aliphatic heterocycles. The van der Waals surface area contributed by atoms with E-state index in [9.17, 15) is 29.4 Å². The number of nitrogens with one attached hydrogen (secondary N) is 1. The smallest absolute Gasteiger partial charge is 0.365 e. The summed E-state index contributed by atoms with van der Waals surface area (Å²) < 4.78 is 28.5. The summed E-state index contributed by atoms with van der Waals surface area (Å²) in [7, 11) is -5.02. The number of rotatable bonds is 9. The number of aromatic nitrogens is 4. The summed E-state index contributed by atoms with van der Waals surface area (Å²) in [4.78, 5) is 43.5. The van der Waals surface area contributed by atoms with Gasteiger partial charge in [0.15, 0.2) is 23.2 Å². The van der Waals surface area contributed by atoms with Crippen molar-refractivity contribution in [1.29, 1.82) is 0 Å². The lowest BCUT2D eigenvalue weighted by atomic mass is 10.1. The number of imidazole rings is 1. The van der Waals surface area contributed by atoms with Crippen molar-refractivity contribution >= 4 is 42.1 Å². The van der Waals surface area contributed by atoms with Crippen LogP contribution in [0.25, 0.3) is 11.2 Å². The van der Waals surface area contributed by atoms with Gasteiger partial charge in [-0.3, -0.25) is 9.13 Å². The minimum atomic E-state index is -5.02. The highest BCUT2D eigenvalue weighted by molar-refractivity contribution is 7.53. The Morgan fingerprint density at radius 1 is 1.31 bits per heavy atom. The van der Waals surface area contributed by atoms with Gasteiger partial charge in [0, 0.05) is 6.04 Å². The Labute approximate surface area is 204 Å². The third-order valence-electron chi connectivity index (χ3n) is 5.91. The first-order chi connectivity index (χ1) is 16.6. The third-order valence-corrected chi connectivity index (χ3v) is 7.05. The Balaban J connectivity index is 1.53. The second-order valence-electron chi connectivity index (χ2n) is 8.36. The molecule has 2 aliphatic rings. The zero-order valence-electron chi connectivity index (χ0n) is 18.7. The summed E-state index contributed by atoms with van der Waals surface area (Å²) >= 11 is 6.13. The van der Waals surface area contributed by atoms with Crippen LogP contribution in [0.2, 0.25) is 5.28 Å². The van der Waals surface area contributed by atoms with Crippen LogP contribution in [-0.2, 0) is 23.6 Å². The van der Waals surface area contributed by atoms with Crippen LogP contribution < -0.4 is 5.32 Å². The van der Waals surface area contributed by atoms with E-state index in [-0.39, 0.29) is 23.6 Å². The number of fused-ring (bicyclic) bond motifs is 1. The fraction of sp³-hybridized carbons (Fsp3) is 0.684. The fourth-order valence-corrected chi connectivity index (χ4v) is 5.03. The number of aliphatic hydroxyl groups is 2. The lowest BCUT2D eigenvalue weighted by molar-refractivity contribution is -0.155. The summed E-state index contributed by atoms with van der Waals surface area (Å²) in [6.45, 7) is 0.747. The molecular weight excluding hydrogens is 509 g/mol. The largest absolute Gasteiger partial charge is 0.464 e. The molecule has 3 heterocycles. The van der Waals surface area contributed by atoms with Crippen molar-refractivity contribution in [2.75, 3.05) is 18.5 Å². The van der Waals surface area contributed by atoms with Crippen molar-refractivity contribution in [1.82, 2.24) is 19.5 Å². The van der Waals surface area contributed by atoms with Crippen LogP contribution in [0.4, 0.5) is 5.82 Å². The number of aliphatic hydroxyl groups excluding tert-OH is 2. The van der Waals surface area contributed by atoms with Crippen LogP contribution in [0.15, 0.2) is 6.33 Å². The van der Waals surface area contributed by atoms with Crippen molar-refractivity contribution in [3.63, 3.8) is 0 Å². The quantitative estimate of drug-likeness (QED) is 0.169. The first kappa shape index (κ1) is 26.2. The number of anilines is 1. The third kappa shape index (κ3) is 5.59. The summed E-state index contributed by atoms with van der Waals surface area (Å²) in [6.07, 6.45) is 0.160. The molecule has 5 N–H and O–H groups in total. The SMILES string of the molecule is CCOC(=O)[C@@H](OC[C@H]1O[C@@H](n2cnc3c(NC4CCCC4)nc(Cl)nc32)[C@H](O)[C@H]1O)P(=O)(O)O. The number of carbonyl (C=O) groups is 1. The lowest BCUT2D eigenvalue weighted by Crippen LogP contribution is -2.36. The summed E-state index contributed by atoms with van der Waals surface area (Å²) in [5, 5.41) is 24.4. The van der Waals surface area contributed by atoms with E-state index in [2.05, 4.69) is 25.0 Å². The molecule has 4 rings (SSSR count). The normalized spacial score (nSPS) is 26.3. The van der Waals surface area contributed by atoms with E-state index in [1.807, 2.05) is 0 Å². The van der Waals surface area contributed by atoms with Gasteiger partial charge in [-0.15, -0.1) is 0 Å². The highest BCUT2D eigenvalue weighted by Gasteiger charge is 2.46. The number of nitrogens with zero attached hydrogens (tertiary/aromatic N) is 4. The van der Waals surface area contributed by atoms with Gasteiger partial charge in [-0.1, -0.05) is 12.8 Å². The molecule has 35 heavy (non-hydrogen) atoms. The molecule has 1 aliphatic carbocycles. The average molecular weight is 536 g/mol. The number of hydrogen-bond acceptors (Lipinski definition) is 11. The average Bonchev–Trinajstić information content (AvgIpc) is 3.49. The van der Waals surface area contributed by atoms with Gasteiger partial charge in [0.05, 0.1) is 19.5 Å². The molecule has 1 saturated carbocycles. The summed E-state index contributed by atoms with van der Waals surface area (Å²) in [6, 6.07) is 0.229. The van der Waals surface area contributed by atoms with Crippen LogP contribution >= 0.6 is 19.2 Å². The molecule has 0 amide bonds. The zero-order valence-corrected chi connectivity index (χ0v) is 20.4. The predicted molar refractivity (Wildman–Crippen MR) is 121 cm³/mol. The van der Waals surface area contributed by atoms with Crippen LogP contribution in [0.5, 0.6) is 0 Å². The Morgan fingerprint density at radius 2 is 2.03 bits per heavy atom. The van der Waals surface area contributed by atoms with Gasteiger partial charge >= 0.3 is 13.6 Å². The molecule has 14 nitrogen and oxygen atoms in total. The standard InChI is InChI=1S/C19H27ClN5O9P/c1-2-32-17(28)18(35(29,30)31)33-7-10-12(26)13(27)16(34-10)25-8-21-11-14(22-9-5-3-4-6-9)23-19(20)24-15(11)25/h8-10,12-13,16,18,26-27H,2-7H2,1H3,(H,22,23,24)(H2,29,30,31)/t10-,12+,13-,16-,18+/m1/s1. The van der Waals surface area contributed by atoms with Gasteiger partial charge in [0.25, 0.3) is 5.85 Å². The Hall–Kier alpha value is -1.90. The van der Waals surface area contributed by atoms with E-state index in [1.165, 1.54) is 17.8 Å². The van der Waals surface area contributed by atoms with E-state index < -0.39 is 50.6 Å². The molecule has 2 aromatic rings. The molecule has 2 fully saturated rings. The first-order valence-electron chi connectivity index (χ1n) is 11.1. The molecule has 0 aromatic carbocycles. The molecular formula is C19H27ClN5O9P. The van der Waals surface area contributed by atoms with E-state index in [1.54, 1.807) is 0 Å². The van der Waals surface area contributed by atoms with Gasteiger partial charge < -0.3 is 39.5 Å².